The SMILES string of the molecule is CCO[Si](CCCN)(OC)OC. The van der Waals surface area contributed by atoms with Crippen LogP contribution in [0.15, 0.2) is 0 Å². The van der Waals surface area contributed by atoms with Crippen LogP contribution in [-0.4, -0.2) is 36.2 Å². The van der Waals surface area contributed by atoms with Crippen molar-refractivity contribution in [2.24, 2.45) is 5.73 Å². The van der Waals surface area contributed by atoms with Gasteiger partial charge in [0.1, 0.15) is 0 Å². The van der Waals surface area contributed by atoms with E-state index in [9.17, 15) is 0 Å². The Morgan fingerprint density at radius 1 is 1.25 bits per heavy atom. The van der Waals surface area contributed by atoms with Crippen LogP contribution in [0.3, 0.4) is 0 Å². The van der Waals surface area contributed by atoms with Crippen LogP contribution in [0.2, 0.25) is 6.04 Å². The molecule has 74 valence electrons. The molecule has 0 atom stereocenters. The molecule has 0 rings (SSSR count). The van der Waals surface area contributed by atoms with Crippen molar-refractivity contribution in [1.29, 1.82) is 0 Å². The van der Waals surface area contributed by atoms with E-state index in [1.165, 1.54) is 0 Å². The maximum atomic E-state index is 5.47. The van der Waals surface area contributed by atoms with Crippen molar-refractivity contribution in [3.63, 3.8) is 0 Å². The zero-order valence-electron chi connectivity index (χ0n) is 8.13. The minimum Gasteiger partial charge on any atom is -0.377 e. The summed E-state index contributed by atoms with van der Waals surface area (Å²) in [5.74, 6) is 0. The minimum atomic E-state index is -2.34. The fourth-order valence-electron chi connectivity index (χ4n) is 1.02. The number of hydrogen-bond donors (Lipinski definition) is 1. The summed E-state index contributed by atoms with van der Waals surface area (Å²) in [6, 6.07) is 0.796. The van der Waals surface area contributed by atoms with Gasteiger partial charge in [0.15, 0.2) is 0 Å². The maximum Gasteiger partial charge on any atom is 0.500 e. The molecule has 0 aliphatic carbocycles. The van der Waals surface area contributed by atoms with Gasteiger partial charge in [-0.25, -0.2) is 0 Å². The van der Waals surface area contributed by atoms with Gasteiger partial charge >= 0.3 is 8.80 Å². The minimum absolute atomic E-state index is 0.623. The number of rotatable bonds is 7. The first-order valence-corrected chi connectivity index (χ1v) is 6.12. The van der Waals surface area contributed by atoms with E-state index in [0.29, 0.717) is 13.2 Å². The molecule has 0 heterocycles. The maximum absolute atomic E-state index is 5.47. The molecular weight excluding hydrogens is 174 g/mol. The zero-order chi connectivity index (χ0) is 9.45. The smallest absolute Gasteiger partial charge is 0.377 e. The Bertz CT molecular complexity index is 109. The van der Waals surface area contributed by atoms with Crippen LogP contribution in [0, 0.1) is 0 Å². The Balaban J connectivity index is 3.95. The van der Waals surface area contributed by atoms with Crippen LogP contribution < -0.4 is 5.73 Å². The Hall–Kier alpha value is 0.0569. The molecule has 0 amide bonds. The molecule has 0 unspecified atom stereocenters. The van der Waals surface area contributed by atoms with E-state index in [0.717, 1.165) is 12.5 Å². The summed E-state index contributed by atoms with van der Waals surface area (Å²) in [5.41, 5.74) is 5.40. The van der Waals surface area contributed by atoms with E-state index in [2.05, 4.69) is 0 Å². The average molecular weight is 193 g/mol. The molecule has 0 fully saturated rings. The topological polar surface area (TPSA) is 53.7 Å². The second kappa shape index (κ2) is 6.56. The van der Waals surface area contributed by atoms with E-state index < -0.39 is 8.80 Å². The van der Waals surface area contributed by atoms with Gasteiger partial charge in [0.2, 0.25) is 0 Å². The highest BCUT2D eigenvalue weighted by Crippen LogP contribution is 2.14. The highest BCUT2D eigenvalue weighted by molar-refractivity contribution is 6.60. The quantitative estimate of drug-likeness (QED) is 0.602. The van der Waals surface area contributed by atoms with Gasteiger partial charge in [0.25, 0.3) is 0 Å². The van der Waals surface area contributed by atoms with Crippen molar-refractivity contribution >= 4 is 8.80 Å². The van der Waals surface area contributed by atoms with Crippen LogP contribution in [0.1, 0.15) is 13.3 Å². The summed E-state index contributed by atoms with van der Waals surface area (Å²) >= 11 is 0. The van der Waals surface area contributed by atoms with Crippen molar-refractivity contribution in [2.75, 3.05) is 27.4 Å². The molecule has 0 aliphatic heterocycles. The van der Waals surface area contributed by atoms with Gasteiger partial charge in [-0.3, -0.25) is 0 Å². The highest BCUT2D eigenvalue weighted by atomic mass is 28.4. The molecule has 2 N–H and O–H groups in total. The van der Waals surface area contributed by atoms with Crippen LogP contribution >= 0.6 is 0 Å². The lowest BCUT2D eigenvalue weighted by atomic mass is 10.5. The molecule has 0 aliphatic rings. The molecule has 0 saturated heterocycles. The van der Waals surface area contributed by atoms with Crippen LogP contribution in [-0.2, 0) is 13.3 Å². The molecule has 12 heavy (non-hydrogen) atoms. The Kier molecular flexibility index (Phi) is 6.59. The van der Waals surface area contributed by atoms with E-state index in [4.69, 9.17) is 19.0 Å². The number of nitrogens with two attached hydrogens (primary N) is 1. The Morgan fingerprint density at radius 2 is 1.83 bits per heavy atom. The van der Waals surface area contributed by atoms with Gasteiger partial charge in [-0.2, -0.15) is 0 Å². The van der Waals surface area contributed by atoms with E-state index in [1.54, 1.807) is 14.2 Å². The molecular formula is C7H19NO3Si. The average Bonchev–Trinajstić information content (AvgIpc) is 2.13. The third kappa shape index (κ3) is 3.64. The third-order valence-corrected chi connectivity index (χ3v) is 4.61. The third-order valence-electron chi connectivity index (χ3n) is 1.67. The fraction of sp³-hybridized carbons (Fsp3) is 1.00. The van der Waals surface area contributed by atoms with Crippen LogP contribution in [0.25, 0.3) is 0 Å². The first kappa shape index (κ1) is 12.1. The molecule has 0 aromatic carbocycles. The van der Waals surface area contributed by atoms with Gasteiger partial charge in [0.05, 0.1) is 0 Å². The Morgan fingerprint density at radius 3 is 2.17 bits per heavy atom. The van der Waals surface area contributed by atoms with E-state index in [-0.39, 0.29) is 0 Å². The lowest BCUT2D eigenvalue weighted by Gasteiger charge is -2.25. The zero-order valence-corrected chi connectivity index (χ0v) is 9.13. The van der Waals surface area contributed by atoms with Gasteiger partial charge in [-0.05, 0) is 19.9 Å². The summed E-state index contributed by atoms with van der Waals surface area (Å²) in [7, 11) is 0.909. The molecule has 4 nitrogen and oxygen atoms in total. The molecule has 0 aromatic rings. The van der Waals surface area contributed by atoms with Gasteiger partial charge in [0, 0.05) is 26.9 Å². The van der Waals surface area contributed by atoms with Gasteiger partial charge < -0.3 is 19.0 Å². The summed E-state index contributed by atoms with van der Waals surface area (Å²) in [5, 5.41) is 0. The predicted octanol–water partition coefficient (Wildman–Crippen LogP) is 0.603. The molecule has 0 radical (unpaired) electrons. The lowest BCUT2D eigenvalue weighted by molar-refractivity contribution is 0.103. The molecule has 5 heteroatoms. The monoisotopic (exact) mass is 193 g/mol. The first-order valence-electron chi connectivity index (χ1n) is 4.19. The summed E-state index contributed by atoms with van der Waals surface area (Å²) in [6.07, 6.45) is 0.883. The van der Waals surface area contributed by atoms with Crippen molar-refractivity contribution < 1.29 is 13.3 Å². The highest BCUT2D eigenvalue weighted by Gasteiger charge is 2.37. The largest absolute Gasteiger partial charge is 0.500 e. The first-order chi connectivity index (χ1) is 5.74. The summed E-state index contributed by atoms with van der Waals surface area (Å²) < 4.78 is 16.0. The van der Waals surface area contributed by atoms with E-state index >= 15 is 0 Å². The standard InChI is InChI=1S/C7H19NO3Si/c1-4-11-12(9-2,10-3)7-5-6-8/h4-8H2,1-3H3. The van der Waals surface area contributed by atoms with Crippen molar-refractivity contribution in [3.05, 3.63) is 0 Å². The van der Waals surface area contributed by atoms with Crippen molar-refractivity contribution in [3.8, 4) is 0 Å². The van der Waals surface area contributed by atoms with E-state index in [1.807, 2.05) is 6.92 Å². The second-order valence-electron chi connectivity index (χ2n) is 2.42. The van der Waals surface area contributed by atoms with Crippen molar-refractivity contribution in [1.82, 2.24) is 0 Å². The number of hydrogen-bond acceptors (Lipinski definition) is 4. The van der Waals surface area contributed by atoms with Crippen LogP contribution in [0.4, 0.5) is 0 Å². The molecule has 0 saturated carbocycles. The second-order valence-corrected chi connectivity index (χ2v) is 5.39. The lowest BCUT2D eigenvalue weighted by Crippen LogP contribution is -2.44. The predicted molar refractivity (Wildman–Crippen MR) is 49.9 cm³/mol. The fourth-order valence-corrected chi connectivity index (χ4v) is 3.05. The van der Waals surface area contributed by atoms with Gasteiger partial charge in [-0.15, -0.1) is 0 Å². The Labute approximate surface area is 75.4 Å². The molecule has 0 aromatic heterocycles. The summed E-state index contributed by atoms with van der Waals surface area (Å²) in [6.45, 7) is 3.20. The van der Waals surface area contributed by atoms with Crippen LogP contribution in [0.5, 0.6) is 0 Å². The molecule has 0 spiro atoms. The normalized spacial score (nSPS) is 12.0. The van der Waals surface area contributed by atoms with Crippen molar-refractivity contribution in [2.45, 2.75) is 19.4 Å². The molecule has 0 bridgehead atoms. The summed E-state index contributed by atoms with van der Waals surface area (Å²) in [4.78, 5) is 0. The van der Waals surface area contributed by atoms with Gasteiger partial charge in [-0.1, -0.05) is 0 Å².